The summed E-state index contributed by atoms with van der Waals surface area (Å²) in [6.07, 6.45) is 0. The van der Waals surface area contributed by atoms with Gasteiger partial charge in [0.05, 0.1) is 18.1 Å². The number of fused-ring (bicyclic) bond motifs is 2. The minimum Gasteiger partial charge on any atom is -0.480 e. The van der Waals surface area contributed by atoms with Gasteiger partial charge >= 0.3 is 5.97 Å². The molecule has 0 radical (unpaired) electrons. The van der Waals surface area contributed by atoms with Crippen LogP contribution in [0.3, 0.4) is 0 Å². The van der Waals surface area contributed by atoms with Crippen molar-refractivity contribution in [2.45, 2.75) is 32.6 Å². The number of nitrogens with zero attached hydrogens (tertiary/aromatic N) is 4. The number of rotatable bonds is 3. The second kappa shape index (κ2) is 5.84. The van der Waals surface area contributed by atoms with Crippen molar-refractivity contribution in [1.29, 1.82) is 0 Å². The highest BCUT2D eigenvalue weighted by atomic mass is 35.5. The van der Waals surface area contributed by atoms with E-state index >= 15 is 0 Å². The molecule has 8 heteroatoms. The summed E-state index contributed by atoms with van der Waals surface area (Å²) in [5.74, 6) is 0.698. The van der Waals surface area contributed by atoms with Gasteiger partial charge in [-0.05, 0) is 13.0 Å². The molecule has 24 heavy (non-hydrogen) atoms. The van der Waals surface area contributed by atoms with Crippen molar-refractivity contribution >= 4 is 39.0 Å². The van der Waals surface area contributed by atoms with Gasteiger partial charge in [-0.3, -0.25) is 9.69 Å². The van der Waals surface area contributed by atoms with E-state index in [4.69, 9.17) is 11.6 Å². The van der Waals surface area contributed by atoms with Gasteiger partial charge in [0.25, 0.3) is 0 Å². The first-order valence-corrected chi connectivity index (χ1v) is 8.75. The van der Waals surface area contributed by atoms with Crippen LogP contribution in [0, 0.1) is 6.92 Å². The third-order valence-electron chi connectivity index (χ3n) is 4.39. The van der Waals surface area contributed by atoms with Crippen LogP contribution in [0.25, 0.3) is 10.1 Å². The predicted molar refractivity (Wildman–Crippen MR) is 92.3 cm³/mol. The maximum absolute atomic E-state index is 11.7. The second-order valence-corrected chi connectivity index (χ2v) is 7.38. The number of aromatic nitrogens is 3. The maximum atomic E-state index is 11.7. The fourth-order valence-electron chi connectivity index (χ4n) is 3.11. The van der Waals surface area contributed by atoms with Crippen molar-refractivity contribution in [3.05, 3.63) is 45.8 Å². The Kier molecular flexibility index (Phi) is 3.79. The molecular formula is C16H15ClN4O2S. The highest BCUT2D eigenvalue weighted by Crippen LogP contribution is 2.36. The molecule has 1 N–H and O–H groups in total. The Bertz CT molecular complexity index is 935. The number of thiophene rings is 1. The summed E-state index contributed by atoms with van der Waals surface area (Å²) in [5.41, 5.74) is 0. The SMILES string of the molecule is Cc1nnc2n1CC(C(=O)O)N(Cc1sc3ccccc3c1Cl)C2. The zero-order valence-corrected chi connectivity index (χ0v) is 14.5. The maximum Gasteiger partial charge on any atom is 0.322 e. The quantitative estimate of drug-likeness (QED) is 0.775. The van der Waals surface area contributed by atoms with E-state index in [-0.39, 0.29) is 0 Å². The minimum absolute atomic E-state index is 0.353. The predicted octanol–water partition coefficient (Wildman–Crippen LogP) is 2.92. The molecule has 0 bridgehead atoms. The largest absolute Gasteiger partial charge is 0.480 e. The second-order valence-electron chi connectivity index (χ2n) is 5.87. The van der Waals surface area contributed by atoms with Crippen LogP contribution < -0.4 is 0 Å². The van der Waals surface area contributed by atoms with Gasteiger partial charge in [0.15, 0.2) is 0 Å². The first-order valence-electron chi connectivity index (χ1n) is 7.56. The van der Waals surface area contributed by atoms with Crippen molar-refractivity contribution in [1.82, 2.24) is 19.7 Å². The number of carboxylic acid groups (broad SMARTS) is 1. The standard InChI is InChI=1S/C16H15ClN4O2S/c1-9-18-19-14-8-20(11(16(22)23)6-21(9)14)7-13-15(17)10-4-2-3-5-12(10)24-13/h2-5,11H,6-8H2,1H3,(H,22,23). The Morgan fingerprint density at radius 1 is 1.42 bits per heavy atom. The number of carbonyl (C=O) groups is 1. The molecule has 0 saturated carbocycles. The normalized spacial score (nSPS) is 18.0. The van der Waals surface area contributed by atoms with Crippen molar-refractivity contribution < 1.29 is 9.90 Å². The summed E-state index contributed by atoms with van der Waals surface area (Å²) < 4.78 is 2.99. The molecule has 0 fully saturated rings. The molecule has 1 aliphatic heterocycles. The lowest BCUT2D eigenvalue weighted by Gasteiger charge is -2.33. The van der Waals surface area contributed by atoms with E-state index in [0.29, 0.717) is 24.7 Å². The van der Waals surface area contributed by atoms with E-state index in [1.54, 1.807) is 11.3 Å². The van der Waals surface area contributed by atoms with Crippen LogP contribution >= 0.6 is 22.9 Å². The highest BCUT2D eigenvalue weighted by Gasteiger charge is 2.34. The molecule has 3 heterocycles. The van der Waals surface area contributed by atoms with E-state index in [1.165, 1.54) is 0 Å². The average molecular weight is 363 g/mol. The van der Waals surface area contributed by atoms with E-state index in [9.17, 15) is 9.90 Å². The van der Waals surface area contributed by atoms with Crippen LogP contribution in [0.5, 0.6) is 0 Å². The molecule has 2 aromatic heterocycles. The zero-order chi connectivity index (χ0) is 16.8. The Labute approximate surface area is 147 Å². The number of benzene rings is 1. The Balaban J connectivity index is 1.69. The summed E-state index contributed by atoms with van der Waals surface area (Å²) >= 11 is 8.12. The van der Waals surface area contributed by atoms with Crippen LogP contribution in [-0.2, 0) is 24.4 Å². The highest BCUT2D eigenvalue weighted by molar-refractivity contribution is 7.19. The van der Waals surface area contributed by atoms with Gasteiger partial charge in [-0.1, -0.05) is 29.8 Å². The van der Waals surface area contributed by atoms with Gasteiger partial charge in [-0.25, -0.2) is 0 Å². The number of carboxylic acids is 1. The van der Waals surface area contributed by atoms with Crippen LogP contribution in [0.4, 0.5) is 0 Å². The number of aryl methyl sites for hydroxylation is 1. The van der Waals surface area contributed by atoms with Crippen LogP contribution in [0.15, 0.2) is 24.3 Å². The summed E-state index contributed by atoms with van der Waals surface area (Å²) in [6.45, 7) is 3.13. The number of hydrogen-bond acceptors (Lipinski definition) is 5. The van der Waals surface area contributed by atoms with Gasteiger partial charge in [0, 0.05) is 21.5 Å². The van der Waals surface area contributed by atoms with E-state index in [2.05, 4.69) is 10.2 Å². The summed E-state index contributed by atoms with van der Waals surface area (Å²) in [5, 5.41) is 19.6. The lowest BCUT2D eigenvalue weighted by Crippen LogP contribution is -2.47. The average Bonchev–Trinajstić information content (AvgIpc) is 3.08. The summed E-state index contributed by atoms with van der Waals surface area (Å²) in [7, 11) is 0. The van der Waals surface area contributed by atoms with Gasteiger partial charge in [0.1, 0.15) is 17.7 Å². The Morgan fingerprint density at radius 2 is 2.21 bits per heavy atom. The van der Waals surface area contributed by atoms with Gasteiger partial charge in [-0.15, -0.1) is 21.5 Å². The van der Waals surface area contributed by atoms with E-state index < -0.39 is 12.0 Å². The van der Waals surface area contributed by atoms with Crippen LogP contribution in [-0.4, -0.2) is 36.8 Å². The lowest BCUT2D eigenvalue weighted by molar-refractivity contribution is -0.145. The van der Waals surface area contributed by atoms with E-state index in [1.807, 2.05) is 40.7 Å². The van der Waals surface area contributed by atoms with Crippen molar-refractivity contribution in [2.75, 3.05) is 0 Å². The van der Waals surface area contributed by atoms with E-state index in [0.717, 1.165) is 26.6 Å². The molecule has 124 valence electrons. The Morgan fingerprint density at radius 3 is 2.96 bits per heavy atom. The first kappa shape index (κ1) is 15.6. The fourth-order valence-corrected chi connectivity index (χ4v) is 4.63. The molecule has 1 aliphatic rings. The topological polar surface area (TPSA) is 71.2 Å². The molecule has 1 aromatic carbocycles. The molecule has 4 rings (SSSR count). The van der Waals surface area contributed by atoms with Crippen molar-refractivity contribution in [2.24, 2.45) is 0 Å². The minimum atomic E-state index is -0.842. The first-order chi connectivity index (χ1) is 11.5. The molecule has 0 aliphatic carbocycles. The molecule has 1 atom stereocenters. The summed E-state index contributed by atoms with van der Waals surface area (Å²) in [6, 6.07) is 7.33. The fraction of sp³-hybridized carbons (Fsp3) is 0.312. The molecule has 1 unspecified atom stereocenters. The van der Waals surface area contributed by atoms with Gasteiger partial charge in [-0.2, -0.15) is 0 Å². The van der Waals surface area contributed by atoms with Crippen LogP contribution in [0.2, 0.25) is 5.02 Å². The number of aliphatic carboxylic acids is 1. The number of hydrogen-bond donors (Lipinski definition) is 1. The zero-order valence-electron chi connectivity index (χ0n) is 12.9. The van der Waals surface area contributed by atoms with Gasteiger partial charge < -0.3 is 9.67 Å². The Hall–Kier alpha value is -1.96. The molecule has 6 nitrogen and oxygen atoms in total. The van der Waals surface area contributed by atoms with Crippen molar-refractivity contribution in [3.63, 3.8) is 0 Å². The van der Waals surface area contributed by atoms with Gasteiger partial charge in [0.2, 0.25) is 0 Å². The third kappa shape index (κ3) is 2.49. The number of halogens is 1. The molecule has 0 amide bonds. The monoisotopic (exact) mass is 362 g/mol. The van der Waals surface area contributed by atoms with Crippen LogP contribution in [0.1, 0.15) is 16.5 Å². The van der Waals surface area contributed by atoms with Crippen molar-refractivity contribution in [3.8, 4) is 0 Å². The molecule has 0 spiro atoms. The molecule has 3 aromatic rings. The third-order valence-corrected chi connectivity index (χ3v) is 6.09. The smallest absolute Gasteiger partial charge is 0.322 e. The summed E-state index contributed by atoms with van der Waals surface area (Å²) in [4.78, 5) is 14.6. The molecule has 0 saturated heterocycles. The molecular weight excluding hydrogens is 348 g/mol. The lowest BCUT2D eigenvalue weighted by atomic mass is 10.1.